The Morgan fingerprint density at radius 2 is 1.75 bits per heavy atom. The van der Waals surface area contributed by atoms with Crippen LogP contribution in [0.3, 0.4) is 0 Å². The van der Waals surface area contributed by atoms with Crippen LogP contribution in [0.1, 0.15) is 5.56 Å². The van der Waals surface area contributed by atoms with Gasteiger partial charge in [0.15, 0.2) is 0 Å². The highest BCUT2D eigenvalue weighted by Gasteiger charge is 2.28. The normalized spacial score (nSPS) is 14.7. The highest BCUT2D eigenvalue weighted by molar-refractivity contribution is 6.22. The van der Waals surface area contributed by atoms with Gasteiger partial charge in [-0.3, -0.25) is 14.9 Å². The molecule has 1 aliphatic heterocycles. The summed E-state index contributed by atoms with van der Waals surface area (Å²) >= 11 is 0. The van der Waals surface area contributed by atoms with E-state index in [2.05, 4.69) is 5.32 Å². The van der Waals surface area contributed by atoms with Crippen molar-refractivity contribution in [2.24, 2.45) is 0 Å². The molecule has 0 spiro atoms. The second-order valence-corrected chi connectivity index (χ2v) is 4.50. The summed E-state index contributed by atoms with van der Waals surface area (Å²) in [5.41, 5.74) is 1.91. The Labute approximate surface area is 116 Å². The number of amides is 2. The van der Waals surface area contributed by atoms with Crippen molar-refractivity contribution in [2.75, 3.05) is 19.0 Å². The third-order valence-corrected chi connectivity index (χ3v) is 2.93. The van der Waals surface area contributed by atoms with Crippen LogP contribution in [0.15, 0.2) is 41.5 Å². The van der Waals surface area contributed by atoms with Gasteiger partial charge < -0.3 is 4.90 Å². The summed E-state index contributed by atoms with van der Waals surface area (Å²) in [6, 6.07) is 9.42. The van der Waals surface area contributed by atoms with E-state index in [0.29, 0.717) is 0 Å². The first-order chi connectivity index (χ1) is 9.52. The van der Waals surface area contributed by atoms with Crippen molar-refractivity contribution in [1.29, 1.82) is 5.26 Å². The van der Waals surface area contributed by atoms with E-state index in [0.717, 1.165) is 11.3 Å². The molecule has 0 radical (unpaired) electrons. The first-order valence-corrected chi connectivity index (χ1v) is 5.98. The standard InChI is InChI=1S/C15H13N3O2/c1-18(2)11-6-3-10(4-7-11)5-8-12-13(9-16)15(20)17-14(12)19/h3-8H,1-2H3,(H,17,19,20)/b8-5+. The Balaban J connectivity index is 2.25. The summed E-state index contributed by atoms with van der Waals surface area (Å²) in [6.45, 7) is 0. The van der Waals surface area contributed by atoms with Crippen LogP contribution in [0.25, 0.3) is 6.08 Å². The maximum absolute atomic E-state index is 11.5. The summed E-state index contributed by atoms with van der Waals surface area (Å²) < 4.78 is 0. The highest BCUT2D eigenvalue weighted by atomic mass is 16.2. The van der Waals surface area contributed by atoms with E-state index in [1.165, 1.54) is 6.08 Å². The zero-order chi connectivity index (χ0) is 14.7. The Morgan fingerprint density at radius 1 is 1.10 bits per heavy atom. The molecule has 1 aliphatic rings. The van der Waals surface area contributed by atoms with E-state index in [4.69, 9.17) is 5.26 Å². The predicted molar refractivity (Wildman–Crippen MR) is 75.6 cm³/mol. The molecule has 1 heterocycles. The minimum absolute atomic E-state index is 0.106. The molecule has 20 heavy (non-hydrogen) atoms. The van der Waals surface area contributed by atoms with Crippen LogP contribution >= 0.6 is 0 Å². The molecule has 0 aliphatic carbocycles. The van der Waals surface area contributed by atoms with Gasteiger partial charge in [0.05, 0.1) is 5.57 Å². The van der Waals surface area contributed by atoms with Crippen molar-refractivity contribution in [1.82, 2.24) is 5.32 Å². The van der Waals surface area contributed by atoms with Crippen LogP contribution in [-0.2, 0) is 9.59 Å². The summed E-state index contributed by atoms with van der Waals surface area (Å²) in [5, 5.41) is 11.0. The Hall–Kier alpha value is -2.87. The molecule has 0 unspecified atom stereocenters. The summed E-state index contributed by atoms with van der Waals surface area (Å²) in [7, 11) is 3.90. The van der Waals surface area contributed by atoms with Crippen LogP contribution in [0.4, 0.5) is 5.69 Å². The van der Waals surface area contributed by atoms with E-state index in [9.17, 15) is 9.59 Å². The van der Waals surface area contributed by atoms with Gasteiger partial charge in [-0.15, -0.1) is 0 Å². The lowest BCUT2D eigenvalue weighted by atomic mass is 10.1. The van der Waals surface area contributed by atoms with Crippen molar-refractivity contribution < 1.29 is 9.59 Å². The topological polar surface area (TPSA) is 73.2 Å². The highest BCUT2D eigenvalue weighted by Crippen LogP contribution is 2.17. The molecule has 0 bridgehead atoms. The minimum atomic E-state index is -0.639. The first-order valence-electron chi connectivity index (χ1n) is 5.98. The molecule has 100 valence electrons. The summed E-state index contributed by atoms with van der Waals surface area (Å²) in [4.78, 5) is 24.8. The zero-order valence-corrected chi connectivity index (χ0v) is 11.2. The molecule has 0 fully saturated rings. The predicted octanol–water partition coefficient (Wildman–Crippen LogP) is 1.24. The average molecular weight is 267 g/mol. The van der Waals surface area contributed by atoms with E-state index in [-0.39, 0.29) is 11.1 Å². The Kier molecular flexibility index (Phi) is 3.67. The van der Waals surface area contributed by atoms with Crippen LogP contribution in [0, 0.1) is 11.3 Å². The molecule has 0 saturated heterocycles. The average Bonchev–Trinajstić information content (AvgIpc) is 2.70. The number of anilines is 1. The summed E-state index contributed by atoms with van der Waals surface area (Å²) in [6.07, 6.45) is 3.19. The van der Waals surface area contributed by atoms with Gasteiger partial charge >= 0.3 is 0 Å². The van der Waals surface area contributed by atoms with Crippen molar-refractivity contribution in [3.05, 3.63) is 47.1 Å². The molecule has 5 nitrogen and oxygen atoms in total. The van der Waals surface area contributed by atoms with Crippen LogP contribution < -0.4 is 10.2 Å². The Bertz CT molecular complexity index is 661. The number of hydrogen-bond acceptors (Lipinski definition) is 4. The molecule has 2 rings (SSSR count). The van der Waals surface area contributed by atoms with Crippen LogP contribution in [0.5, 0.6) is 0 Å². The SMILES string of the molecule is CN(C)c1ccc(/C=C/C2=C(C#N)C(=O)NC2=O)cc1. The van der Waals surface area contributed by atoms with Gasteiger partial charge in [-0.25, -0.2) is 0 Å². The van der Waals surface area contributed by atoms with E-state index < -0.39 is 11.8 Å². The number of benzene rings is 1. The molecular formula is C15H13N3O2. The van der Waals surface area contributed by atoms with Gasteiger partial charge in [-0.1, -0.05) is 18.2 Å². The number of nitriles is 1. The lowest BCUT2D eigenvalue weighted by Gasteiger charge is -2.11. The van der Waals surface area contributed by atoms with Gasteiger partial charge in [-0.05, 0) is 23.8 Å². The van der Waals surface area contributed by atoms with Crippen LogP contribution in [0.2, 0.25) is 0 Å². The van der Waals surface area contributed by atoms with Crippen molar-refractivity contribution in [3.63, 3.8) is 0 Å². The largest absolute Gasteiger partial charge is 0.378 e. The number of hydrogen-bond donors (Lipinski definition) is 1. The molecule has 5 heteroatoms. The van der Waals surface area contributed by atoms with Gasteiger partial charge in [0.25, 0.3) is 11.8 Å². The summed E-state index contributed by atoms with van der Waals surface area (Å²) in [5.74, 6) is -1.17. The second kappa shape index (κ2) is 5.41. The molecular weight excluding hydrogens is 254 g/mol. The lowest BCUT2D eigenvalue weighted by Crippen LogP contribution is -2.22. The van der Waals surface area contributed by atoms with E-state index in [1.54, 1.807) is 12.1 Å². The number of carbonyl (C=O) groups excluding carboxylic acids is 2. The number of rotatable bonds is 3. The number of imide groups is 1. The van der Waals surface area contributed by atoms with Gasteiger partial charge in [0.2, 0.25) is 0 Å². The number of carbonyl (C=O) groups is 2. The van der Waals surface area contributed by atoms with E-state index in [1.807, 2.05) is 43.3 Å². The molecule has 0 saturated carbocycles. The monoisotopic (exact) mass is 267 g/mol. The fraction of sp³-hybridized carbons (Fsp3) is 0.133. The fourth-order valence-electron chi connectivity index (χ4n) is 1.80. The third-order valence-electron chi connectivity index (χ3n) is 2.93. The van der Waals surface area contributed by atoms with Crippen LogP contribution in [-0.4, -0.2) is 25.9 Å². The number of nitrogens with zero attached hydrogens (tertiary/aromatic N) is 2. The molecule has 0 atom stereocenters. The third kappa shape index (κ3) is 2.59. The molecule has 1 aromatic carbocycles. The minimum Gasteiger partial charge on any atom is -0.378 e. The van der Waals surface area contributed by atoms with Gasteiger partial charge in [0.1, 0.15) is 11.6 Å². The van der Waals surface area contributed by atoms with E-state index >= 15 is 0 Å². The molecule has 1 aromatic rings. The van der Waals surface area contributed by atoms with Crippen molar-refractivity contribution in [2.45, 2.75) is 0 Å². The maximum atomic E-state index is 11.5. The quantitative estimate of drug-likeness (QED) is 0.836. The molecule has 0 aromatic heterocycles. The maximum Gasteiger partial charge on any atom is 0.269 e. The number of nitrogens with one attached hydrogen (secondary N) is 1. The molecule has 2 amide bonds. The lowest BCUT2D eigenvalue weighted by molar-refractivity contribution is -0.123. The smallest absolute Gasteiger partial charge is 0.269 e. The van der Waals surface area contributed by atoms with Gasteiger partial charge in [-0.2, -0.15) is 5.26 Å². The zero-order valence-electron chi connectivity index (χ0n) is 11.2. The van der Waals surface area contributed by atoms with Gasteiger partial charge in [0, 0.05) is 19.8 Å². The van der Waals surface area contributed by atoms with Crippen molar-refractivity contribution >= 4 is 23.6 Å². The second-order valence-electron chi connectivity index (χ2n) is 4.50. The fourth-order valence-corrected chi connectivity index (χ4v) is 1.80. The Morgan fingerprint density at radius 3 is 2.30 bits per heavy atom. The first kappa shape index (κ1) is 13.6. The molecule has 1 N–H and O–H groups in total. The van der Waals surface area contributed by atoms with Crippen molar-refractivity contribution in [3.8, 4) is 6.07 Å².